The van der Waals surface area contributed by atoms with Gasteiger partial charge in [-0.05, 0) is 24.6 Å². The lowest BCUT2D eigenvalue weighted by Gasteiger charge is -2.14. The van der Waals surface area contributed by atoms with Crippen molar-refractivity contribution < 1.29 is 9.60 Å². The zero-order chi connectivity index (χ0) is 15.2. The van der Waals surface area contributed by atoms with Crippen molar-refractivity contribution in [2.75, 3.05) is 0 Å². The van der Waals surface area contributed by atoms with E-state index in [2.05, 4.69) is 15.5 Å². The molecule has 5 nitrogen and oxygen atoms in total. The molecule has 1 aromatic carbocycles. The number of nitrogens with two attached hydrogens (primary N) is 1. The van der Waals surface area contributed by atoms with Crippen molar-refractivity contribution in [1.29, 1.82) is 0 Å². The molecule has 0 aliphatic heterocycles. The third-order valence-corrected chi connectivity index (χ3v) is 3.24. The van der Waals surface area contributed by atoms with E-state index in [1.54, 1.807) is 24.5 Å². The molecule has 0 fully saturated rings. The Morgan fingerprint density at radius 2 is 2.29 bits per heavy atom. The molecule has 1 heterocycles. The van der Waals surface area contributed by atoms with Gasteiger partial charge in [0.25, 0.3) is 0 Å². The highest BCUT2D eigenvalue weighted by Gasteiger charge is 2.09. The molecule has 0 unspecified atom stereocenters. The summed E-state index contributed by atoms with van der Waals surface area (Å²) < 4.78 is 14.0. The van der Waals surface area contributed by atoms with E-state index in [1.165, 1.54) is 6.07 Å². The number of amidine groups is 1. The number of oxime groups is 1. The molecule has 2 aromatic rings. The summed E-state index contributed by atoms with van der Waals surface area (Å²) in [6.45, 7) is 2.36. The van der Waals surface area contributed by atoms with Gasteiger partial charge in [0.1, 0.15) is 5.82 Å². The van der Waals surface area contributed by atoms with E-state index in [9.17, 15) is 4.39 Å². The minimum Gasteiger partial charge on any atom is -0.409 e. The number of halogens is 1. The summed E-state index contributed by atoms with van der Waals surface area (Å²) in [4.78, 5) is 4.05. The molecule has 2 rings (SSSR count). The molecule has 0 amide bonds. The van der Waals surface area contributed by atoms with Crippen molar-refractivity contribution >= 4 is 5.84 Å². The number of hydrogen-bond donors (Lipinski definition) is 3. The fourth-order valence-corrected chi connectivity index (χ4v) is 1.92. The van der Waals surface area contributed by atoms with Gasteiger partial charge in [0, 0.05) is 36.1 Å². The average Bonchev–Trinajstić information content (AvgIpc) is 2.53. The summed E-state index contributed by atoms with van der Waals surface area (Å²) in [5.74, 6) is -0.512. The molecule has 110 valence electrons. The minimum atomic E-state index is -0.398. The van der Waals surface area contributed by atoms with E-state index < -0.39 is 5.82 Å². The van der Waals surface area contributed by atoms with Gasteiger partial charge in [-0.2, -0.15) is 0 Å². The van der Waals surface area contributed by atoms with Crippen LogP contribution in [0.5, 0.6) is 0 Å². The number of rotatable bonds is 5. The van der Waals surface area contributed by atoms with Crippen LogP contribution in [0.4, 0.5) is 4.39 Å². The normalized spacial score (nSPS) is 13.1. The molecule has 0 aliphatic rings. The Morgan fingerprint density at radius 1 is 1.48 bits per heavy atom. The van der Waals surface area contributed by atoms with E-state index >= 15 is 0 Å². The van der Waals surface area contributed by atoms with Crippen molar-refractivity contribution in [2.24, 2.45) is 10.9 Å². The van der Waals surface area contributed by atoms with Crippen LogP contribution in [0.15, 0.2) is 47.9 Å². The lowest BCUT2D eigenvalue weighted by Crippen LogP contribution is -2.19. The first kappa shape index (κ1) is 14.9. The molecule has 6 heteroatoms. The molecular formula is C15H17FN4O. The molecule has 21 heavy (non-hydrogen) atoms. The summed E-state index contributed by atoms with van der Waals surface area (Å²) in [7, 11) is 0. The molecule has 4 N–H and O–H groups in total. The second-order valence-corrected chi connectivity index (χ2v) is 4.68. The Labute approximate surface area is 122 Å². The van der Waals surface area contributed by atoms with Gasteiger partial charge in [0.2, 0.25) is 0 Å². The molecule has 0 bridgehead atoms. The van der Waals surface area contributed by atoms with E-state index in [0.717, 1.165) is 5.56 Å². The van der Waals surface area contributed by atoms with Crippen LogP contribution < -0.4 is 11.1 Å². The van der Waals surface area contributed by atoms with Crippen LogP contribution in [0.25, 0.3) is 0 Å². The highest BCUT2D eigenvalue weighted by molar-refractivity contribution is 5.97. The van der Waals surface area contributed by atoms with Gasteiger partial charge >= 0.3 is 0 Å². The van der Waals surface area contributed by atoms with Crippen molar-refractivity contribution in [3.05, 3.63) is 65.2 Å². The number of benzene rings is 1. The third kappa shape index (κ3) is 3.76. The number of pyridine rings is 1. The highest BCUT2D eigenvalue weighted by Crippen LogP contribution is 2.14. The van der Waals surface area contributed by atoms with Gasteiger partial charge in [0.05, 0.1) is 0 Å². The molecule has 0 aliphatic carbocycles. The van der Waals surface area contributed by atoms with Crippen molar-refractivity contribution in [3.8, 4) is 0 Å². The second-order valence-electron chi connectivity index (χ2n) is 4.68. The van der Waals surface area contributed by atoms with Crippen LogP contribution >= 0.6 is 0 Å². The maximum Gasteiger partial charge on any atom is 0.170 e. The van der Waals surface area contributed by atoms with Gasteiger partial charge in [-0.15, -0.1) is 0 Å². The van der Waals surface area contributed by atoms with E-state index in [0.29, 0.717) is 17.7 Å². The highest BCUT2D eigenvalue weighted by atomic mass is 19.1. The lowest BCUT2D eigenvalue weighted by molar-refractivity contribution is 0.318. The number of aromatic nitrogens is 1. The van der Waals surface area contributed by atoms with Gasteiger partial charge in [0.15, 0.2) is 5.84 Å². The second kappa shape index (κ2) is 6.81. The lowest BCUT2D eigenvalue weighted by atomic mass is 10.1. The Hall–Kier alpha value is -2.47. The number of hydrogen-bond acceptors (Lipinski definition) is 4. The first-order chi connectivity index (χ1) is 10.1. The molecule has 1 aromatic heterocycles. The molecule has 0 radical (unpaired) electrons. The fraction of sp³-hybridized carbons (Fsp3) is 0.200. The summed E-state index contributed by atoms with van der Waals surface area (Å²) in [5.41, 5.74) is 7.32. The Morgan fingerprint density at radius 3 is 2.90 bits per heavy atom. The quantitative estimate of drug-likeness (QED) is 0.341. The van der Waals surface area contributed by atoms with Gasteiger partial charge in [-0.3, -0.25) is 4.98 Å². The summed E-state index contributed by atoms with van der Waals surface area (Å²) in [6.07, 6.45) is 3.48. The van der Waals surface area contributed by atoms with Crippen LogP contribution in [0.3, 0.4) is 0 Å². The van der Waals surface area contributed by atoms with Crippen molar-refractivity contribution in [3.63, 3.8) is 0 Å². The zero-order valence-corrected chi connectivity index (χ0v) is 11.6. The van der Waals surface area contributed by atoms with Crippen molar-refractivity contribution in [1.82, 2.24) is 10.3 Å². The smallest absolute Gasteiger partial charge is 0.170 e. The van der Waals surface area contributed by atoms with E-state index in [1.807, 2.05) is 19.1 Å². The maximum atomic E-state index is 14.0. The third-order valence-electron chi connectivity index (χ3n) is 3.24. The average molecular weight is 288 g/mol. The first-order valence-electron chi connectivity index (χ1n) is 6.51. The minimum absolute atomic E-state index is 0.0573. The van der Waals surface area contributed by atoms with Crippen LogP contribution in [0.2, 0.25) is 0 Å². The largest absolute Gasteiger partial charge is 0.409 e. The fourth-order valence-electron chi connectivity index (χ4n) is 1.92. The molecule has 1 atom stereocenters. The van der Waals surface area contributed by atoms with Crippen LogP contribution in [-0.2, 0) is 6.54 Å². The Kier molecular flexibility index (Phi) is 4.84. The summed E-state index contributed by atoms with van der Waals surface area (Å²) >= 11 is 0. The summed E-state index contributed by atoms with van der Waals surface area (Å²) in [6, 6.07) is 8.36. The Bertz CT molecular complexity index is 631. The SMILES string of the molecule is C[C@H](NCc1ccc(/C(N)=N/O)cc1F)c1cccnc1. The molecule has 0 saturated heterocycles. The molecule has 0 saturated carbocycles. The first-order valence-corrected chi connectivity index (χ1v) is 6.51. The molecule has 0 spiro atoms. The van der Waals surface area contributed by atoms with Crippen LogP contribution in [-0.4, -0.2) is 16.0 Å². The maximum absolute atomic E-state index is 14.0. The standard InChI is InChI=1S/C15H17FN4O/c1-10(12-3-2-6-18-8-12)19-9-13-5-4-11(7-14(13)16)15(17)20-21/h2-8,10,19,21H,9H2,1H3,(H2,17,20)/t10-/m0/s1. The van der Waals surface area contributed by atoms with E-state index in [-0.39, 0.29) is 11.9 Å². The molecular weight excluding hydrogens is 271 g/mol. The zero-order valence-electron chi connectivity index (χ0n) is 11.6. The van der Waals surface area contributed by atoms with Gasteiger partial charge < -0.3 is 16.3 Å². The predicted octanol–water partition coefficient (Wildman–Crippen LogP) is 2.17. The van der Waals surface area contributed by atoms with Crippen molar-refractivity contribution in [2.45, 2.75) is 19.5 Å². The van der Waals surface area contributed by atoms with Crippen LogP contribution in [0, 0.1) is 5.82 Å². The van der Waals surface area contributed by atoms with Gasteiger partial charge in [-0.1, -0.05) is 23.4 Å². The van der Waals surface area contributed by atoms with E-state index in [4.69, 9.17) is 10.9 Å². The monoisotopic (exact) mass is 288 g/mol. The number of nitrogens with one attached hydrogen (secondary N) is 1. The topological polar surface area (TPSA) is 83.5 Å². The Balaban J connectivity index is 2.04. The summed E-state index contributed by atoms with van der Waals surface area (Å²) in [5, 5.41) is 14.6. The predicted molar refractivity (Wildman–Crippen MR) is 78.4 cm³/mol. The van der Waals surface area contributed by atoms with Gasteiger partial charge in [-0.25, -0.2) is 4.39 Å². The number of nitrogens with zero attached hydrogens (tertiary/aromatic N) is 2. The van der Waals surface area contributed by atoms with Crippen LogP contribution in [0.1, 0.15) is 29.7 Å².